The Hall–Kier alpha value is -2.28. The number of carbonyl (C=O) groups is 2. The van der Waals surface area contributed by atoms with Crippen molar-refractivity contribution in [2.45, 2.75) is 6.54 Å². The Bertz CT molecular complexity index is 866. The molecule has 3 rings (SSSR count). The van der Waals surface area contributed by atoms with Gasteiger partial charge in [-0.15, -0.1) is 0 Å². The van der Waals surface area contributed by atoms with Crippen LogP contribution in [0.1, 0.15) is 15.9 Å². The first-order valence-electron chi connectivity index (χ1n) is 9.20. The predicted octanol–water partition coefficient (Wildman–Crippen LogP) is 3.54. The third kappa shape index (κ3) is 5.63. The summed E-state index contributed by atoms with van der Waals surface area (Å²) in [5.74, 6) is 0.461. The zero-order valence-corrected chi connectivity index (χ0v) is 17.6. The number of benzene rings is 2. The number of halogens is 2. The number of rotatable bonds is 7. The molecule has 0 atom stereocenters. The molecule has 2 aromatic carbocycles. The molecule has 0 bridgehead atoms. The van der Waals surface area contributed by atoms with E-state index >= 15 is 0 Å². The van der Waals surface area contributed by atoms with Crippen LogP contribution in [-0.4, -0.2) is 61.9 Å². The molecular formula is C21H22Cl2N2O4. The summed E-state index contributed by atoms with van der Waals surface area (Å²) < 4.78 is 10.8. The number of hydrogen-bond donors (Lipinski definition) is 0. The van der Waals surface area contributed by atoms with E-state index in [1.807, 2.05) is 24.3 Å². The van der Waals surface area contributed by atoms with Crippen molar-refractivity contribution in [3.05, 3.63) is 57.6 Å². The maximum atomic E-state index is 12.5. The van der Waals surface area contributed by atoms with E-state index in [1.54, 1.807) is 4.90 Å². The molecule has 154 valence electrons. The summed E-state index contributed by atoms with van der Waals surface area (Å²) in [6, 6.07) is 10.8. The highest BCUT2D eigenvalue weighted by molar-refractivity contribution is 6.32. The molecule has 1 aliphatic rings. The second kappa shape index (κ2) is 9.96. The van der Waals surface area contributed by atoms with Gasteiger partial charge in [0, 0.05) is 43.3 Å². The van der Waals surface area contributed by atoms with Crippen molar-refractivity contribution >= 4 is 35.4 Å². The number of hydrogen-bond acceptors (Lipinski definition) is 5. The minimum atomic E-state index is -0.145. The maximum absolute atomic E-state index is 12.5. The molecule has 0 radical (unpaired) electrons. The van der Waals surface area contributed by atoms with Crippen molar-refractivity contribution in [2.24, 2.45) is 0 Å². The van der Waals surface area contributed by atoms with Gasteiger partial charge in [-0.2, -0.15) is 0 Å². The van der Waals surface area contributed by atoms with E-state index in [1.165, 1.54) is 24.8 Å². The fourth-order valence-corrected chi connectivity index (χ4v) is 3.58. The third-order valence-electron chi connectivity index (χ3n) is 4.77. The Balaban J connectivity index is 1.51. The van der Waals surface area contributed by atoms with Crippen molar-refractivity contribution in [3.8, 4) is 11.5 Å². The normalized spacial score (nSPS) is 14.5. The van der Waals surface area contributed by atoms with E-state index in [-0.39, 0.29) is 23.3 Å². The number of carbonyl (C=O) groups excluding carboxylic acids is 2. The van der Waals surface area contributed by atoms with Crippen LogP contribution in [0.5, 0.6) is 11.5 Å². The van der Waals surface area contributed by atoms with E-state index in [4.69, 9.17) is 32.7 Å². The van der Waals surface area contributed by atoms with Gasteiger partial charge >= 0.3 is 0 Å². The van der Waals surface area contributed by atoms with Crippen molar-refractivity contribution in [1.82, 2.24) is 9.80 Å². The maximum Gasteiger partial charge on any atom is 0.260 e. The minimum Gasteiger partial charge on any atom is -0.493 e. The van der Waals surface area contributed by atoms with E-state index < -0.39 is 0 Å². The van der Waals surface area contributed by atoms with Gasteiger partial charge in [0.25, 0.3) is 5.91 Å². The van der Waals surface area contributed by atoms with Gasteiger partial charge in [-0.25, -0.2) is 0 Å². The summed E-state index contributed by atoms with van der Waals surface area (Å²) >= 11 is 12.1. The first-order chi connectivity index (χ1) is 14.0. The second-order valence-electron chi connectivity index (χ2n) is 6.72. The molecule has 0 N–H and O–H groups in total. The molecule has 2 aromatic rings. The number of methoxy groups -OCH3 is 1. The first-order valence-corrected chi connectivity index (χ1v) is 9.96. The topological polar surface area (TPSA) is 59.1 Å². The van der Waals surface area contributed by atoms with Gasteiger partial charge in [0.05, 0.1) is 12.1 Å². The third-order valence-corrected chi connectivity index (χ3v) is 5.30. The molecule has 0 spiro atoms. The van der Waals surface area contributed by atoms with E-state index in [0.717, 1.165) is 24.7 Å². The van der Waals surface area contributed by atoms with Crippen LogP contribution in [0.3, 0.4) is 0 Å². The summed E-state index contributed by atoms with van der Waals surface area (Å²) in [5, 5.41) is 0.953. The van der Waals surface area contributed by atoms with Crippen LogP contribution >= 0.6 is 23.2 Å². The van der Waals surface area contributed by atoms with Crippen LogP contribution in [0.4, 0.5) is 0 Å². The predicted molar refractivity (Wildman–Crippen MR) is 112 cm³/mol. The first kappa shape index (κ1) is 21.4. The zero-order valence-electron chi connectivity index (χ0n) is 16.1. The zero-order chi connectivity index (χ0) is 20.8. The SMILES string of the molecule is COc1cc(C=O)cc(Cl)c1OCC(=O)N1CCN(Cc2ccc(Cl)cc2)CC1. The van der Waals surface area contributed by atoms with E-state index in [0.29, 0.717) is 30.7 Å². The number of ether oxygens (including phenoxy) is 2. The fraction of sp³-hybridized carbons (Fsp3) is 0.333. The molecular weight excluding hydrogens is 415 g/mol. The lowest BCUT2D eigenvalue weighted by Gasteiger charge is -2.34. The summed E-state index contributed by atoms with van der Waals surface area (Å²) in [7, 11) is 1.45. The quantitative estimate of drug-likeness (QED) is 0.621. The molecule has 6 nitrogen and oxygen atoms in total. The molecule has 1 fully saturated rings. The summed E-state index contributed by atoms with van der Waals surface area (Å²) in [4.78, 5) is 27.6. The molecule has 1 aliphatic heterocycles. The highest BCUT2D eigenvalue weighted by Crippen LogP contribution is 2.36. The Labute approximate surface area is 179 Å². The van der Waals surface area contributed by atoms with Gasteiger partial charge < -0.3 is 14.4 Å². The Morgan fingerprint density at radius 2 is 1.79 bits per heavy atom. The highest BCUT2D eigenvalue weighted by Gasteiger charge is 2.22. The van der Waals surface area contributed by atoms with Gasteiger partial charge in [0.2, 0.25) is 0 Å². The number of nitrogens with zero attached hydrogens (tertiary/aromatic N) is 2. The van der Waals surface area contributed by atoms with Gasteiger partial charge in [0.1, 0.15) is 6.29 Å². The second-order valence-corrected chi connectivity index (χ2v) is 7.57. The van der Waals surface area contributed by atoms with Crippen LogP contribution in [0.15, 0.2) is 36.4 Å². The monoisotopic (exact) mass is 436 g/mol. The van der Waals surface area contributed by atoms with Crippen LogP contribution in [0, 0.1) is 0 Å². The largest absolute Gasteiger partial charge is 0.493 e. The van der Waals surface area contributed by atoms with E-state index in [2.05, 4.69) is 4.90 Å². The lowest BCUT2D eigenvalue weighted by molar-refractivity contribution is -0.135. The molecule has 1 heterocycles. The molecule has 0 aromatic heterocycles. The van der Waals surface area contributed by atoms with Crippen LogP contribution in [-0.2, 0) is 11.3 Å². The molecule has 1 saturated heterocycles. The summed E-state index contributed by atoms with van der Waals surface area (Å²) in [6.07, 6.45) is 0.673. The van der Waals surface area contributed by atoms with Gasteiger partial charge in [0.15, 0.2) is 18.1 Å². The van der Waals surface area contributed by atoms with Gasteiger partial charge in [-0.3, -0.25) is 14.5 Å². The Morgan fingerprint density at radius 1 is 1.10 bits per heavy atom. The summed E-state index contributed by atoms with van der Waals surface area (Å²) in [5.41, 5.74) is 1.57. The molecule has 0 unspecified atom stereocenters. The molecule has 8 heteroatoms. The van der Waals surface area contributed by atoms with Crippen molar-refractivity contribution < 1.29 is 19.1 Å². The lowest BCUT2D eigenvalue weighted by atomic mass is 10.2. The number of amides is 1. The highest BCUT2D eigenvalue weighted by atomic mass is 35.5. The minimum absolute atomic E-state index is 0.117. The number of piperazine rings is 1. The summed E-state index contributed by atoms with van der Waals surface area (Å²) in [6.45, 7) is 3.51. The Morgan fingerprint density at radius 3 is 2.41 bits per heavy atom. The molecule has 29 heavy (non-hydrogen) atoms. The van der Waals surface area contributed by atoms with E-state index in [9.17, 15) is 9.59 Å². The van der Waals surface area contributed by atoms with Crippen molar-refractivity contribution in [1.29, 1.82) is 0 Å². The Kier molecular flexibility index (Phi) is 7.36. The smallest absolute Gasteiger partial charge is 0.260 e. The van der Waals surface area contributed by atoms with Crippen molar-refractivity contribution in [3.63, 3.8) is 0 Å². The van der Waals surface area contributed by atoms with Crippen molar-refractivity contribution in [2.75, 3.05) is 39.9 Å². The molecule has 0 saturated carbocycles. The van der Waals surface area contributed by atoms with Gasteiger partial charge in [-0.1, -0.05) is 35.3 Å². The van der Waals surface area contributed by atoms with Gasteiger partial charge in [-0.05, 0) is 29.8 Å². The van der Waals surface area contributed by atoms with Crippen LogP contribution in [0.2, 0.25) is 10.0 Å². The van der Waals surface area contributed by atoms with Crippen LogP contribution < -0.4 is 9.47 Å². The lowest BCUT2D eigenvalue weighted by Crippen LogP contribution is -2.49. The number of aldehydes is 1. The molecule has 1 amide bonds. The fourth-order valence-electron chi connectivity index (χ4n) is 3.18. The molecule has 0 aliphatic carbocycles. The standard InChI is InChI=1S/C21H22Cl2N2O4/c1-28-19-11-16(13-26)10-18(23)21(19)29-14-20(27)25-8-6-24(7-9-25)12-15-2-4-17(22)5-3-15/h2-5,10-11,13H,6-9,12,14H2,1H3. The average molecular weight is 437 g/mol. The average Bonchev–Trinajstić information content (AvgIpc) is 2.74. The van der Waals surface area contributed by atoms with Crippen LogP contribution in [0.25, 0.3) is 0 Å².